The number of ketones is 2. The van der Waals surface area contributed by atoms with E-state index in [1.807, 2.05) is 24.3 Å². The number of halogens is 2. The fraction of sp³-hybridized carbons (Fsp3) is 0. The summed E-state index contributed by atoms with van der Waals surface area (Å²) >= 11 is 13.4. The number of furan rings is 1. The Morgan fingerprint density at radius 2 is 1.71 bits per heavy atom. The number of nitrogens with zero attached hydrogens (tertiary/aromatic N) is 1. The fourth-order valence-electron chi connectivity index (χ4n) is 3.17. The van der Waals surface area contributed by atoms with E-state index in [0.29, 0.717) is 5.58 Å². The van der Waals surface area contributed by atoms with Gasteiger partial charge in [-0.3, -0.25) is 14.6 Å². The predicted octanol–water partition coefficient (Wildman–Crippen LogP) is 6.33. The van der Waals surface area contributed by atoms with Crippen LogP contribution in [0.4, 0.5) is 0 Å². The van der Waals surface area contributed by atoms with Gasteiger partial charge in [0.2, 0.25) is 0 Å². The van der Waals surface area contributed by atoms with Crippen molar-refractivity contribution in [3.05, 3.63) is 80.4 Å². The second-order valence-corrected chi connectivity index (χ2v) is 8.19. The number of Topliss-reactive ketones (excluding diaryl/α,β-unsaturated/α-hetero) is 2. The molecule has 0 bridgehead atoms. The van der Waals surface area contributed by atoms with Crippen LogP contribution in [0, 0.1) is 0 Å². The van der Waals surface area contributed by atoms with Crippen molar-refractivity contribution in [2.24, 2.45) is 0 Å². The van der Waals surface area contributed by atoms with E-state index in [-0.39, 0.29) is 38.3 Å². The molecule has 5 rings (SSSR count). The van der Waals surface area contributed by atoms with E-state index in [1.165, 1.54) is 23.5 Å². The van der Waals surface area contributed by atoms with Crippen molar-refractivity contribution in [1.29, 1.82) is 0 Å². The zero-order chi connectivity index (χ0) is 19.4. The van der Waals surface area contributed by atoms with Crippen molar-refractivity contribution >= 4 is 62.5 Å². The molecule has 0 aliphatic heterocycles. The summed E-state index contributed by atoms with van der Waals surface area (Å²) in [5, 5.41) is 0.499. The van der Waals surface area contributed by atoms with Gasteiger partial charge in [0.25, 0.3) is 0 Å². The maximum atomic E-state index is 12.7. The SMILES string of the molecule is O=C1C(=Cc2cc3oc(-c4cccnc4)cc3s2)C(=O)c2cc(Cl)c(Cl)cc21. The van der Waals surface area contributed by atoms with Crippen LogP contribution in [0.2, 0.25) is 10.0 Å². The molecule has 136 valence electrons. The molecule has 0 fully saturated rings. The molecule has 0 spiro atoms. The molecule has 7 heteroatoms. The van der Waals surface area contributed by atoms with Gasteiger partial charge in [-0.25, -0.2) is 0 Å². The zero-order valence-corrected chi connectivity index (χ0v) is 16.4. The third kappa shape index (κ3) is 2.71. The van der Waals surface area contributed by atoms with Gasteiger partial charge in [0.05, 0.1) is 20.3 Å². The molecule has 0 unspecified atom stereocenters. The van der Waals surface area contributed by atoms with E-state index in [0.717, 1.165) is 20.9 Å². The number of fused-ring (bicyclic) bond motifs is 2. The van der Waals surface area contributed by atoms with Gasteiger partial charge in [-0.2, -0.15) is 0 Å². The summed E-state index contributed by atoms with van der Waals surface area (Å²) in [6.07, 6.45) is 5.03. The molecule has 0 radical (unpaired) electrons. The Bertz CT molecular complexity index is 1240. The molecule has 3 heterocycles. The Morgan fingerprint density at radius 3 is 2.32 bits per heavy atom. The molecule has 4 aromatic rings. The van der Waals surface area contributed by atoms with Crippen LogP contribution < -0.4 is 0 Å². The van der Waals surface area contributed by atoms with Crippen molar-refractivity contribution < 1.29 is 14.0 Å². The number of hydrogen-bond acceptors (Lipinski definition) is 5. The summed E-state index contributed by atoms with van der Waals surface area (Å²) in [5.41, 5.74) is 2.24. The molecule has 1 aliphatic carbocycles. The number of allylic oxidation sites excluding steroid dienone is 1. The molecule has 0 atom stereocenters. The van der Waals surface area contributed by atoms with Gasteiger partial charge in [0.1, 0.15) is 11.3 Å². The highest BCUT2D eigenvalue weighted by Gasteiger charge is 2.34. The average molecular weight is 426 g/mol. The lowest BCUT2D eigenvalue weighted by atomic mass is 10.1. The summed E-state index contributed by atoms with van der Waals surface area (Å²) in [7, 11) is 0. The molecular weight excluding hydrogens is 417 g/mol. The highest BCUT2D eigenvalue weighted by Crippen LogP contribution is 2.37. The smallest absolute Gasteiger partial charge is 0.197 e. The molecule has 1 aliphatic rings. The Morgan fingerprint density at radius 1 is 1.00 bits per heavy atom. The Kier molecular flexibility index (Phi) is 3.98. The van der Waals surface area contributed by atoms with Crippen LogP contribution in [0.5, 0.6) is 0 Å². The van der Waals surface area contributed by atoms with Crippen molar-refractivity contribution in [2.45, 2.75) is 0 Å². The van der Waals surface area contributed by atoms with E-state index >= 15 is 0 Å². The number of benzene rings is 1. The van der Waals surface area contributed by atoms with Gasteiger partial charge in [-0.15, -0.1) is 11.3 Å². The maximum Gasteiger partial charge on any atom is 0.197 e. The van der Waals surface area contributed by atoms with E-state index in [1.54, 1.807) is 18.5 Å². The summed E-state index contributed by atoms with van der Waals surface area (Å²) in [6, 6.07) is 10.4. The zero-order valence-electron chi connectivity index (χ0n) is 14.0. The summed E-state index contributed by atoms with van der Waals surface area (Å²) in [5.74, 6) is 0.0255. The fourth-order valence-corrected chi connectivity index (χ4v) is 4.46. The second kappa shape index (κ2) is 6.41. The minimum atomic E-state index is -0.348. The van der Waals surface area contributed by atoms with Crippen molar-refractivity contribution in [2.75, 3.05) is 0 Å². The highest BCUT2D eigenvalue weighted by molar-refractivity contribution is 7.19. The van der Waals surface area contributed by atoms with Crippen LogP contribution >= 0.6 is 34.5 Å². The molecule has 0 saturated carbocycles. The molecule has 1 aromatic carbocycles. The third-order valence-electron chi connectivity index (χ3n) is 4.50. The number of carbonyl (C=O) groups excluding carboxylic acids is 2. The second-order valence-electron chi connectivity index (χ2n) is 6.26. The summed E-state index contributed by atoms with van der Waals surface area (Å²) < 4.78 is 6.81. The number of aromatic nitrogens is 1. The predicted molar refractivity (Wildman–Crippen MR) is 110 cm³/mol. The third-order valence-corrected chi connectivity index (χ3v) is 6.23. The van der Waals surface area contributed by atoms with Crippen LogP contribution in [0.15, 0.2) is 58.8 Å². The van der Waals surface area contributed by atoms with Crippen LogP contribution in [0.25, 0.3) is 27.7 Å². The largest absolute Gasteiger partial charge is 0.455 e. The van der Waals surface area contributed by atoms with Crippen LogP contribution in [-0.4, -0.2) is 16.6 Å². The van der Waals surface area contributed by atoms with Crippen molar-refractivity contribution in [3.8, 4) is 11.3 Å². The lowest BCUT2D eigenvalue weighted by Gasteiger charge is -1.98. The van der Waals surface area contributed by atoms with E-state index in [2.05, 4.69) is 4.98 Å². The van der Waals surface area contributed by atoms with Gasteiger partial charge in [0.15, 0.2) is 11.6 Å². The highest BCUT2D eigenvalue weighted by atomic mass is 35.5. The first kappa shape index (κ1) is 17.4. The Balaban J connectivity index is 1.53. The molecule has 4 nitrogen and oxygen atoms in total. The van der Waals surface area contributed by atoms with E-state index in [9.17, 15) is 9.59 Å². The molecule has 0 N–H and O–H groups in total. The average Bonchev–Trinajstić information content (AvgIpc) is 3.31. The standard InChI is InChI=1S/C21H9Cl2NO3S/c22-15-6-12-13(7-16(15)23)21(26)14(20(12)25)4-11-5-18-19(28-11)8-17(27-18)10-2-1-3-24-9-10/h1-9H. The minimum Gasteiger partial charge on any atom is -0.455 e. The molecule has 0 saturated heterocycles. The molecule has 3 aromatic heterocycles. The molecule has 0 amide bonds. The number of rotatable bonds is 2. The minimum absolute atomic E-state index is 0.102. The van der Waals surface area contributed by atoms with Gasteiger partial charge >= 0.3 is 0 Å². The number of hydrogen-bond donors (Lipinski definition) is 0. The first-order chi connectivity index (χ1) is 13.5. The van der Waals surface area contributed by atoms with Crippen LogP contribution in [0.3, 0.4) is 0 Å². The molecular formula is C21H9Cl2NO3S. The summed E-state index contributed by atoms with van der Waals surface area (Å²) in [4.78, 5) is 30.2. The van der Waals surface area contributed by atoms with Gasteiger partial charge in [-0.1, -0.05) is 23.2 Å². The normalized spacial score (nSPS) is 13.4. The number of pyridine rings is 1. The molecule has 28 heavy (non-hydrogen) atoms. The first-order valence-electron chi connectivity index (χ1n) is 8.25. The Labute approximate surface area is 173 Å². The van der Waals surface area contributed by atoms with Gasteiger partial charge in [0, 0.05) is 40.0 Å². The Hall–Kier alpha value is -2.73. The maximum absolute atomic E-state index is 12.7. The lowest BCUT2D eigenvalue weighted by Crippen LogP contribution is -1.99. The van der Waals surface area contributed by atoms with Gasteiger partial charge < -0.3 is 4.42 Å². The first-order valence-corrected chi connectivity index (χ1v) is 9.82. The topological polar surface area (TPSA) is 60.2 Å². The van der Waals surface area contributed by atoms with Crippen LogP contribution in [-0.2, 0) is 0 Å². The van der Waals surface area contributed by atoms with E-state index < -0.39 is 0 Å². The monoisotopic (exact) mass is 425 g/mol. The number of carbonyl (C=O) groups is 2. The van der Waals surface area contributed by atoms with Crippen LogP contribution in [0.1, 0.15) is 25.6 Å². The van der Waals surface area contributed by atoms with Crippen molar-refractivity contribution in [3.63, 3.8) is 0 Å². The lowest BCUT2D eigenvalue weighted by molar-refractivity contribution is 0.0990. The van der Waals surface area contributed by atoms with E-state index in [4.69, 9.17) is 27.6 Å². The number of thiophene rings is 1. The summed E-state index contributed by atoms with van der Waals surface area (Å²) in [6.45, 7) is 0. The quantitative estimate of drug-likeness (QED) is 0.278. The van der Waals surface area contributed by atoms with Crippen molar-refractivity contribution in [1.82, 2.24) is 4.98 Å². The van der Waals surface area contributed by atoms with Gasteiger partial charge in [-0.05, 0) is 36.4 Å².